The smallest absolute Gasteiger partial charge is 0.140 e. The van der Waals surface area contributed by atoms with Crippen LogP contribution in [0.15, 0.2) is 30.9 Å². The van der Waals surface area contributed by atoms with E-state index in [2.05, 4.69) is 16.3 Å². The second kappa shape index (κ2) is 6.39. The number of ether oxygens (including phenoxy) is 1. The topological polar surface area (TPSA) is 114 Å². The van der Waals surface area contributed by atoms with E-state index in [9.17, 15) is 10.4 Å². The van der Waals surface area contributed by atoms with E-state index < -0.39 is 5.60 Å². The number of pyridine rings is 1. The second-order valence-electron chi connectivity index (χ2n) is 5.84. The van der Waals surface area contributed by atoms with Crippen LogP contribution in [-0.4, -0.2) is 36.7 Å². The number of nitrogen functional groups attached to an aromatic ring is 1. The number of nitriles is 1. The molecule has 0 aliphatic rings. The highest BCUT2D eigenvalue weighted by Crippen LogP contribution is 2.25. The van der Waals surface area contributed by atoms with Gasteiger partial charge in [-0.05, 0) is 13.8 Å². The van der Waals surface area contributed by atoms with E-state index in [1.54, 1.807) is 41.5 Å². The van der Waals surface area contributed by atoms with Crippen molar-refractivity contribution in [2.45, 2.75) is 19.4 Å². The fourth-order valence-electron chi connectivity index (χ4n) is 2.14. The summed E-state index contributed by atoms with van der Waals surface area (Å²) in [5, 5.41) is 27.4. The highest BCUT2D eigenvalue weighted by molar-refractivity contribution is 5.85. The lowest BCUT2D eigenvalue weighted by Gasteiger charge is -2.18. The molecular weight excluding hydrogens is 332 g/mol. The van der Waals surface area contributed by atoms with Crippen molar-refractivity contribution in [1.82, 2.24) is 19.4 Å². The van der Waals surface area contributed by atoms with Crippen molar-refractivity contribution in [3.8, 4) is 17.5 Å². The molecule has 3 heterocycles. The van der Waals surface area contributed by atoms with E-state index in [1.165, 1.54) is 12.4 Å². The Balaban J connectivity index is 0.00000208. The molecule has 0 radical (unpaired) electrons. The van der Waals surface area contributed by atoms with Gasteiger partial charge >= 0.3 is 0 Å². The summed E-state index contributed by atoms with van der Waals surface area (Å²) in [6.07, 6.45) is 6.29. The van der Waals surface area contributed by atoms with E-state index in [0.717, 1.165) is 0 Å². The van der Waals surface area contributed by atoms with Gasteiger partial charge in [0.2, 0.25) is 0 Å². The summed E-state index contributed by atoms with van der Waals surface area (Å²) in [6.45, 7) is 3.43. The predicted molar refractivity (Wildman–Crippen MR) is 90.5 cm³/mol. The molecule has 24 heavy (non-hydrogen) atoms. The van der Waals surface area contributed by atoms with Crippen molar-refractivity contribution in [2.75, 3.05) is 12.3 Å². The van der Waals surface area contributed by atoms with E-state index in [0.29, 0.717) is 28.2 Å². The van der Waals surface area contributed by atoms with Gasteiger partial charge in [-0.1, -0.05) is 0 Å². The molecule has 3 aromatic rings. The number of halogens is 1. The molecule has 9 heteroatoms. The van der Waals surface area contributed by atoms with Gasteiger partial charge in [0.05, 0.1) is 47.3 Å². The molecule has 3 N–H and O–H groups in total. The van der Waals surface area contributed by atoms with Crippen LogP contribution in [0.25, 0.3) is 11.2 Å². The lowest BCUT2D eigenvalue weighted by atomic mass is 10.2. The fraction of sp³-hybridized carbons (Fsp3) is 0.267. The van der Waals surface area contributed by atoms with Crippen molar-refractivity contribution < 1.29 is 9.84 Å². The average Bonchev–Trinajstić information content (AvgIpc) is 3.09. The summed E-state index contributed by atoms with van der Waals surface area (Å²) < 4.78 is 8.73. The van der Waals surface area contributed by atoms with E-state index in [1.807, 2.05) is 0 Å². The van der Waals surface area contributed by atoms with Crippen LogP contribution in [0, 0.1) is 11.3 Å². The molecule has 3 aromatic heterocycles. The Morgan fingerprint density at radius 2 is 2.08 bits per heavy atom. The van der Waals surface area contributed by atoms with Gasteiger partial charge in [0.1, 0.15) is 23.9 Å². The molecule has 0 unspecified atom stereocenters. The number of aromatic nitrogens is 4. The Kier molecular flexibility index (Phi) is 4.68. The molecule has 0 saturated carbocycles. The van der Waals surface area contributed by atoms with Crippen LogP contribution in [0.2, 0.25) is 0 Å². The first kappa shape index (κ1) is 17.6. The SMILES string of the molecule is CC(C)(O)COc1cc(-n2cc(N)cn2)c2c(C#N)cnn2c1.Cl. The largest absolute Gasteiger partial charge is 0.489 e. The predicted octanol–water partition coefficient (Wildman–Crippen LogP) is 1.55. The monoisotopic (exact) mass is 348 g/mol. The number of aliphatic hydroxyl groups is 1. The van der Waals surface area contributed by atoms with Crippen LogP contribution in [-0.2, 0) is 0 Å². The minimum absolute atomic E-state index is 0. The summed E-state index contributed by atoms with van der Waals surface area (Å²) >= 11 is 0. The number of nitrogens with two attached hydrogens (primary N) is 1. The number of hydrogen-bond donors (Lipinski definition) is 2. The lowest BCUT2D eigenvalue weighted by Crippen LogP contribution is -2.28. The summed E-state index contributed by atoms with van der Waals surface area (Å²) in [5.74, 6) is 0.497. The molecule has 0 fully saturated rings. The molecule has 126 valence electrons. The molecule has 0 atom stereocenters. The van der Waals surface area contributed by atoms with Gasteiger partial charge in [0, 0.05) is 6.07 Å². The Hall–Kier alpha value is -2.76. The maximum absolute atomic E-state index is 9.80. The van der Waals surface area contributed by atoms with Gasteiger partial charge in [0.15, 0.2) is 0 Å². The molecule has 0 bridgehead atoms. The zero-order valence-corrected chi connectivity index (χ0v) is 14.0. The summed E-state index contributed by atoms with van der Waals surface area (Å²) in [5.41, 5.74) is 6.90. The lowest BCUT2D eigenvalue weighted by molar-refractivity contribution is 0.0283. The average molecular weight is 349 g/mol. The zero-order valence-electron chi connectivity index (χ0n) is 13.2. The summed E-state index contributed by atoms with van der Waals surface area (Å²) in [7, 11) is 0. The Morgan fingerprint density at radius 3 is 2.67 bits per heavy atom. The van der Waals surface area contributed by atoms with Gasteiger partial charge in [-0.3, -0.25) is 0 Å². The molecule has 3 rings (SSSR count). The number of hydrogen-bond acceptors (Lipinski definition) is 6. The zero-order chi connectivity index (χ0) is 16.6. The van der Waals surface area contributed by atoms with Crippen molar-refractivity contribution in [1.29, 1.82) is 5.26 Å². The highest BCUT2D eigenvalue weighted by Gasteiger charge is 2.17. The molecular formula is C15H17ClN6O2. The highest BCUT2D eigenvalue weighted by atomic mass is 35.5. The van der Waals surface area contributed by atoms with Crippen LogP contribution in [0.3, 0.4) is 0 Å². The number of anilines is 1. The maximum atomic E-state index is 9.80. The van der Waals surface area contributed by atoms with Crippen molar-refractivity contribution in [3.05, 3.63) is 36.4 Å². The van der Waals surface area contributed by atoms with Crippen molar-refractivity contribution >= 4 is 23.6 Å². The minimum Gasteiger partial charge on any atom is -0.489 e. The Bertz CT molecular complexity index is 903. The molecule has 0 aliphatic carbocycles. The van der Waals surface area contributed by atoms with Crippen LogP contribution in [0.5, 0.6) is 5.75 Å². The van der Waals surface area contributed by atoms with Gasteiger partial charge in [0.25, 0.3) is 0 Å². The van der Waals surface area contributed by atoms with Crippen molar-refractivity contribution in [2.24, 2.45) is 0 Å². The second-order valence-corrected chi connectivity index (χ2v) is 5.84. The molecule has 0 aliphatic heterocycles. The number of fused-ring (bicyclic) bond motifs is 1. The number of rotatable bonds is 4. The molecule has 0 aromatic carbocycles. The fourth-order valence-corrected chi connectivity index (χ4v) is 2.14. The molecule has 0 saturated heterocycles. The van der Waals surface area contributed by atoms with Crippen LogP contribution >= 0.6 is 12.4 Å². The first-order valence-electron chi connectivity index (χ1n) is 6.94. The first-order chi connectivity index (χ1) is 10.9. The van der Waals surface area contributed by atoms with E-state index in [-0.39, 0.29) is 19.0 Å². The van der Waals surface area contributed by atoms with E-state index in [4.69, 9.17) is 10.5 Å². The standard InChI is InChI=1S/C15H16N6O2.ClH/c1-15(2,22)9-23-12-3-13(20-7-11(17)6-19-20)14-10(4-16)5-18-21(14)8-12;/h3,5-8,22H,9,17H2,1-2H3;1H. The molecule has 8 nitrogen and oxygen atoms in total. The van der Waals surface area contributed by atoms with Crippen LogP contribution < -0.4 is 10.5 Å². The van der Waals surface area contributed by atoms with Crippen molar-refractivity contribution in [3.63, 3.8) is 0 Å². The molecule has 0 spiro atoms. The van der Waals surface area contributed by atoms with Crippen LogP contribution in [0.4, 0.5) is 5.69 Å². The third-order valence-corrected chi connectivity index (χ3v) is 3.13. The Labute approximate surface area is 144 Å². The number of nitrogens with zero attached hydrogens (tertiary/aromatic N) is 5. The first-order valence-corrected chi connectivity index (χ1v) is 6.94. The normalized spacial score (nSPS) is 11.1. The third-order valence-electron chi connectivity index (χ3n) is 3.13. The molecule has 0 amide bonds. The third kappa shape index (κ3) is 3.42. The van der Waals surface area contributed by atoms with Gasteiger partial charge in [-0.15, -0.1) is 12.4 Å². The minimum atomic E-state index is -0.965. The summed E-state index contributed by atoms with van der Waals surface area (Å²) in [4.78, 5) is 0. The van der Waals surface area contributed by atoms with Gasteiger partial charge < -0.3 is 15.6 Å². The van der Waals surface area contributed by atoms with Crippen LogP contribution in [0.1, 0.15) is 19.4 Å². The van der Waals surface area contributed by atoms with Gasteiger partial charge in [-0.25, -0.2) is 9.20 Å². The quantitative estimate of drug-likeness (QED) is 0.739. The van der Waals surface area contributed by atoms with E-state index >= 15 is 0 Å². The maximum Gasteiger partial charge on any atom is 0.140 e. The Morgan fingerprint density at radius 1 is 1.33 bits per heavy atom. The van der Waals surface area contributed by atoms with Gasteiger partial charge in [-0.2, -0.15) is 15.5 Å². The summed E-state index contributed by atoms with van der Waals surface area (Å²) in [6, 6.07) is 3.84.